The lowest BCUT2D eigenvalue weighted by Crippen LogP contribution is -2.46. The summed E-state index contributed by atoms with van der Waals surface area (Å²) in [6.45, 7) is 3.04. The SMILES string of the molecule is Cc1cccc(=O)n1CC(C)(O)C(=O)Nc1cc(C2CC2)n(C)n1. The molecule has 2 N–H and O–H groups in total. The lowest BCUT2D eigenvalue weighted by atomic mass is 10.1. The highest BCUT2D eigenvalue weighted by Crippen LogP contribution is 2.40. The van der Waals surface area contributed by atoms with Crippen LogP contribution in [0.15, 0.2) is 29.1 Å². The van der Waals surface area contributed by atoms with Crippen molar-refractivity contribution in [3.63, 3.8) is 0 Å². The number of hydrogen-bond donors (Lipinski definition) is 2. The highest BCUT2D eigenvalue weighted by molar-refractivity contribution is 5.96. The van der Waals surface area contributed by atoms with E-state index in [1.807, 2.05) is 13.1 Å². The highest BCUT2D eigenvalue weighted by atomic mass is 16.3. The van der Waals surface area contributed by atoms with E-state index < -0.39 is 11.5 Å². The molecule has 1 aliphatic carbocycles. The quantitative estimate of drug-likeness (QED) is 0.861. The summed E-state index contributed by atoms with van der Waals surface area (Å²) in [5.74, 6) is 0.346. The van der Waals surface area contributed by atoms with E-state index in [4.69, 9.17) is 0 Å². The second-order valence-corrected chi connectivity index (χ2v) is 6.67. The van der Waals surface area contributed by atoms with Gasteiger partial charge >= 0.3 is 0 Å². The van der Waals surface area contributed by atoms with Crippen LogP contribution >= 0.6 is 0 Å². The highest BCUT2D eigenvalue weighted by Gasteiger charge is 2.33. The summed E-state index contributed by atoms with van der Waals surface area (Å²) in [5.41, 5.74) is -0.214. The Morgan fingerprint density at radius 2 is 2.17 bits per heavy atom. The van der Waals surface area contributed by atoms with Crippen LogP contribution in [0.25, 0.3) is 0 Å². The van der Waals surface area contributed by atoms with E-state index in [-0.39, 0.29) is 12.1 Å². The fourth-order valence-corrected chi connectivity index (χ4v) is 2.76. The number of aryl methyl sites for hydroxylation is 2. The summed E-state index contributed by atoms with van der Waals surface area (Å²) in [5, 5.41) is 17.5. The summed E-state index contributed by atoms with van der Waals surface area (Å²) in [6.07, 6.45) is 2.28. The second-order valence-electron chi connectivity index (χ2n) is 6.67. The maximum Gasteiger partial charge on any atom is 0.259 e. The first-order chi connectivity index (χ1) is 11.3. The van der Waals surface area contributed by atoms with Crippen LogP contribution in [0.4, 0.5) is 5.82 Å². The lowest BCUT2D eigenvalue weighted by molar-refractivity contribution is -0.133. The minimum atomic E-state index is -1.73. The van der Waals surface area contributed by atoms with Gasteiger partial charge in [-0.05, 0) is 32.8 Å². The van der Waals surface area contributed by atoms with Gasteiger partial charge in [0.05, 0.1) is 6.54 Å². The molecule has 0 radical (unpaired) electrons. The molecule has 1 atom stereocenters. The van der Waals surface area contributed by atoms with Crippen molar-refractivity contribution in [3.05, 3.63) is 46.0 Å². The number of rotatable bonds is 5. The lowest BCUT2D eigenvalue weighted by Gasteiger charge is -2.23. The Bertz CT molecular complexity index is 831. The van der Waals surface area contributed by atoms with Crippen LogP contribution in [0.2, 0.25) is 0 Å². The predicted molar refractivity (Wildman–Crippen MR) is 89.9 cm³/mol. The molecule has 0 aliphatic heterocycles. The minimum absolute atomic E-state index is 0.118. The molecule has 7 heteroatoms. The largest absolute Gasteiger partial charge is 0.378 e. The molecule has 0 spiro atoms. The Labute approximate surface area is 139 Å². The average Bonchev–Trinajstić information content (AvgIpc) is 3.27. The van der Waals surface area contributed by atoms with Gasteiger partial charge in [-0.25, -0.2) is 0 Å². The van der Waals surface area contributed by atoms with E-state index in [9.17, 15) is 14.7 Å². The van der Waals surface area contributed by atoms with Gasteiger partial charge in [-0.1, -0.05) is 6.07 Å². The zero-order valence-electron chi connectivity index (χ0n) is 14.1. The van der Waals surface area contributed by atoms with Gasteiger partial charge in [0.25, 0.3) is 11.5 Å². The molecular weight excluding hydrogens is 308 g/mol. The van der Waals surface area contributed by atoms with Crippen LogP contribution in [0.1, 0.15) is 37.1 Å². The molecular formula is C17H22N4O3. The summed E-state index contributed by atoms with van der Waals surface area (Å²) in [7, 11) is 1.84. The molecule has 1 unspecified atom stereocenters. The third-order valence-electron chi connectivity index (χ3n) is 4.38. The van der Waals surface area contributed by atoms with Crippen molar-refractivity contribution in [1.29, 1.82) is 0 Å². The molecule has 0 aromatic carbocycles. The number of carbonyl (C=O) groups excluding carboxylic acids is 1. The number of nitrogens with zero attached hydrogens (tertiary/aromatic N) is 3. The standard InChI is InChI=1S/C17H22N4O3/c1-11-5-4-6-15(22)21(11)10-17(2,24)16(23)18-14-9-13(12-7-8-12)20(3)19-14/h4-6,9,12,24H,7-8,10H2,1-3H3,(H,18,19,23). The Kier molecular flexibility index (Phi) is 4.04. The van der Waals surface area contributed by atoms with E-state index in [2.05, 4.69) is 10.4 Å². The third kappa shape index (κ3) is 3.26. The van der Waals surface area contributed by atoms with Crippen molar-refractivity contribution in [2.45, 2.75) is 44.8 Å². The van der Waals surface area contributed by atoms with E-state index >= 15 is 0 Å². The van der Waals surface area contributed by atoms with Crippen molar-refractivity contribution in [2.75, 3.05) is 5.32 Å². The molecule has 1 aliphatic rings. The van der Waals surface area contributed by atoms with Gasteiger partial charge in [0.1, 0.15) is 0 Å². The van der Waals surface area contributed by atoms with Gasteiger partial charge in [0, 0.05) is 36.5 Å². The topological polar surface area (TPSA) is 89.1 Å². The van der Waals surface area contributed by atoms with Crippen molar-refractivity contribution in [1.82, 2.24) is 14.3 Å². The van der Waals surface area contributed by atoms with Crippen LogP contribution in [0.5, 0.6) is 0 Å². The Morgan fingerprint density at radius 1 is 1.46 bits per heavy atom. The maximum absolute atomic E-state index is 12.4. The smallest absolute Gasteiger partial charge is 0.259 e. The molecule has 2 heterocycles. The molecule has 24 heavy (non-hydrogen) atoms. The average molecular weight is 330 g/mol. The van der Waals surface area contributed by atoms with Crippen molar-refractivity contribution < 1.29 is 9.90 Å². The number of amides is 1. The van der Waals surface area contributed by atoms with Crippen LogP contribution in [-0.4, -0.2) is 31.0 Å². The third-order valence-corrected chi connectivity index (χ3v) is 4.38. The number of nitrogens with one attached hydrogen (secondary N) is 1. The number of carbonyl (C=O) groups is 1. The van der Waals surface area contributed by atoms with E-state index in [1.54, 1.807) is 23.7 Å². The number of pyridine rings is 1. The van der Waals surface area contributed by atoms with Crippen LogP contribution in [0, 0.1) is 6.92 Å². The van der Waals surface area contributed by atoms with Gasteiger partial charge in [-0.3, -0.25) is 14.3 Å². The first-order valence-corrected chi connectivity index (χ1v) is 8.02. The molecule has 2 aromatic heterocycles. The number of aromatic nitrogens is 3. The first kappa shape index (κ1) is 16.4. The minimum Gasteiger partial charge on any atom is -0.378 e. The Balaban J connectivity index is 1.75. The molecule has 3 rings (SSSR count). The Hall–Kier alpha value is -2.41. The summed E-state index contributed by atoms with van der Waals surface area (Å²) >= 11 is 0. The summed E-state index contributed by atoms with van der Waals surface area (Å²) in [6, 6.07) is 6.65. The Morgan fingerprint density at radius 3 is 2.79 bits per heavy atom. The predicted octanol–water partition coefficient (Wildman–Crippen LogP) is 1.16. The van der Waals surface area contributed by atoms with Gasteiger partial charge in [0.15, 0.2) is 11.4 Å². The van der Waals surface area contributed by atoms with Crippen LogP contribution in [-0.2, 0) is 18.4 Å². The molecule has 1 amide bonds. The van der Waals surface area contributed by atoms with Crippen LogP contribution in [0.3, 0.4) is 0 Å². The monoisotopic (exact) mass is 330 g/mol. The molecule has 1 fully saturated rings. The van der Waals surface area contributed by atoms with Gasteiger partial charge in [0.2, 0.25) is 0 Å². The number of hydrogen-bond acceptors (Lipinski definition) is 4. The van der Waals surface area contributed by atoms with Crippen molar-refractivity contribution in [3.8, 4) is 0 Å². The van der Waals surface area contributed by atoms with Crippen molar-refractivity contribution in [2.24, 2.45) is 7.05 Å². The zero-order valence-corrected chi connectivity index (χ0v) is 14.1. The molecule has 2 aromatic rings. The summed E-state index contributed by atoms with van der Waals surface area (Å²) in [4.78, 5) is 24.4. The zero-order chi connectivity index (χ0) is 17.5. The molecule has 1 saturated carbocycles. The number of aliphatic hydroxyl groups is 1. The van der Waals surface area contributed by atoms with E-state index in [0.29, 0.717) is 17.4 Å². The normalized spacial score (nSPS) is 16.7. The molecule has 0 bridgehead atoms. The van der Waals surface area contributed by atoms with Crippen molar-refractivity contribution >= 4 is 11.7 Å². The van der Waals surface area contributed by atoms with Gasteiger partial charge < -0.3 is 15.0 Å². The number of anilines is 1. The summed E-state index contributed by atoms with van der Waals surface area (Å²) < 4.78 is 3.14. The molecule has 7 nitrogen and oxygen atoms in total. The van der Waals surface area contributed by atoms with E-state index in [0.717, 1.165) is 18.5 Å². The fourth-order valence-electron chi connectivity index (χ4n) is 2.76. The molecule has 128 valence electrons. The van der Waals surface area contributed by atoms with Gasteiger partial charge in [-0.2, -0.15) is 5.10 Å². The van der Waals surface area contributed by atoms with Crippen LogP contribution < -0.4 is 10.9 Å². The maximum atomic E-state index is 12.4. The van der Waals surface area contributed by atoms with Gasteiger partial charge in [-0.15, -0.1) is 0 Å². The fraction of sp³-hybridized carbons (Fsp3) is 0.471. The molecule has 0 saturated heterocycles. The second kappa shape index (κ2) is 5.90. The van der Waals surface area contributed by atoms with E-state index in [1.165, 1.54) is 17.6 Å². The first-order valence-electron chi connectivity index (χ1n) is 8.02.